The summed E-state index contributed by atoms with van der Waals surface area (Å²) in [6, 6.07) is 22.0. The zero-order valence-electron chi connectivity index (χ0n) is 20.0. The van der Waals surface area contributed by atoms with Gasteiger partial charge in [-0.3, -0.25) is 0 Å². The fourth-order valence-corrected chi connectivity index (χ4v) is 4.31. The van der Waals surface area contributed by atoms with Crippen LogP contribution in [0, 0.1) is 19.3 Å². The van der Waals surface area contributed by atoms with E-state index in [1.165, 1.54) is 11.6 Å². The molecule has 0 radical (unpaired) electrons. The summed E-state index contributed by atoms with van der Waals surface area (Å²) < 4.78 is 7.50. The molecule has 1 fully saturated rings. The molecular formula is C28H29N5O2. The average molecular weight is 468 g/mol. The molecule has 7 heteroatoms. The standard InChI is InChI=1S/C28H29N5O2/c1-19-7-9-21(10-8-19)26-17-23-15-22(16-28(33(23)31-26)32-11-13-35-14-12-32)30-27(34)18-25(29)24-6-4-3-5-20(24)2/h3-10,15-18,29-30,34H,11-14H2,1-2H3/b27-18+,29-25?. The molecule has 1 aliphatic heterocycles. The number of ether oxygens (including phenoxy) is 1. The first-order valence-electron chi connectivity index (χ1n) is 11.7. The van der Waals surface area contributed by atoms with Gasteiger partial charge in [0.25, 0.3) is 0 Å². The van der Waals surface area contributed by atoms with Gasteiger partial charge in [-0.2, -0.15) is 5.10 Å². The molecular weight excluding hydrogens is 438 g/mol. The number of anilines is 2. The summed E-state index contributed by atoms with van der Waals surface area (Å²) in [5.41, 5.74) is 6.79. The lowest BCUT2D eigenvalue weighted by Gasteiger charge is -2.29. The Morgan fingerprint density at radius 3 is 2.51 bits per heavy atom. The topological polar surface area (TPSA) is 85.9 Å². The third-order valence-corrected chi connectivity index (χ3v) is 6.21. The lowest BCUT2D eigenvalue weighted by Crippen LogP contribution is -2.37. The maximum absolute atomic E-state index is 10.7. The minimum atomic E-state index is -0.0891. The van der Waals surface area contributed by atoms with Crippen LogP contribution in [0.4, 0.5) is 11.5 Å². The fraction of sp³-hybridized carbons (Fsp3) is 0.214. The lowest BCUT2D eigenvalue weighted by atomic mass is 10.0. The van der Waals surface area contributed by atoms with E-state index >= 15 is 0 Å². The number of pyridine rings is 1. The maximum atomic E-state index is 10.7. The quantitative estimate of drug-likeness (QED) is 0.263. The number of hydrogen-bond acceptors (Lipinski definition) is 6. The van der Waals surface area contributed by atoms with Gasteiger partial charge in [0.05, 0.1) is 30.1 Å². The van der Waals surface area contributed by atoms with Crippen molar-refractivity contribution in [3.8, 4) is 11.3 Å². The number of allylic oxidation sites excluding steroid dienone is 1. The van der Waals surface area contributed by atoms with E-state index in [2.05, 4.69) is 47.5 Å². The molecule has 0 unspecified atom stereocenters. The summed E-state index contributed by atoms with van der Waals surface area (Å²) >= 11 is 0. The Morgan fingerprint density at radius 1 is 1.03 bits per heavy atom. The Kier molecular flexibility index (Phi) is 6.25. The van der Waals surface area contributed by atoms with Crippen LogP contribution >= 0.6 is 0 Å². The largest absolute Gasteiger partial charge is 0.495 e. The second kappa shape index (κ2) is 9.64. The van der Waals surface area contributed by atoms with Crippen LogP contribution in [0.15, 0.2) is 78.7 Å². The number of benzene rings is 2. The molecule has 1 aliphatic rings. The molecule has 5 rings (SSSR count). The van der Waals surface area contributed by atoms with E-state index < -0.39 is 0 Å². The van der Waals surface area contributed by atoms with E-state index in [9.17, 15) is 5.11 Å². The maximum Gasteiger partial charge on any atom is 0.190 e. The van der Waals surface area contributed by atoms with E-state index in [-0.39, 0.29) is 11.6 Å². The van der Waals surface area contributed by atoms with Gasteiger partial charge in [-0.1, -0.05) is 54.1 Å². The van der Waals surface area contributed by atoms with Crippen molar-refractivity contribution in [2.24, 2.45) is 0 Å². The Morgan fingerprint density at radius 2 is 1.77 bits per heavy atom. The van der Waals surface area contributed by atoms with E-state index in [1.807, 2.05) is 47.8 Å². The fourth-order valence-electron chi connectivity index (χ4n) is 4.31. The molecule has 0 bridgehead atoms. The molecule has 3 heterocycles. The van der Waals surface area contributed by atoms with Crippen LogP contribution in [-0.2, 0) is 4.74 Å². The molecule has 0 saturated carbocycles. The number of fused-ring (bicyclic) bond motifs is 1. The lowest BCUT2D eigenvalue weighted by molar-refractivity contribution is 0.122. The van der Waals surface area contributed by atoms with Crippen molar-refractivity contribution in [1.29, 1.82) is 5.41 Å². The van der Waals surface area contributed by atoms with Gasteiger partial charge in [0.1, 0.15) is 5.82 Å². The molecule has 2 aromatic heterocycles. The highest BCUT2D eigenvalue weighted by molar-refractivity contribution is 6.07. The van der Waals surface area contributed by atoms with Gasteiger partial charge in [-0.25, -0.2) is 4.52 Å². The highest BCUT2D eigenvalue weighted by Crippen LogP contribution is 2.28. The Labute approximate surface area is 204 Å². The number of nitrogens with zero attached hydrogens (tertiary/aromatic N) is 3. The molecule has 0 spiro atoms. The first-order chi connectivity index (χ1) is 17.0. The summed E-state index contributed by atoms with van der Waals surface area (Å²) in [6.45, 7) is 6.86. The SMILES string of the molecule is Cc1ccc(-c2cc3cc(N/C(O)=C\C(=N)c4ccccc4C)cc(N4CCOCC4)n3n2)cc1. The number of nitrogens with one attached hydrogen (secondary N) is 2. The van der Waals surface area contributed by atoms with E-state index in [4.69, 9.17) is 15.2 Å². The highest BCUT2D eigenvalue weighted by atomic mass is 16.5. The van der Waals surface area contributed by atoms with Crippen LogP contribution in [0.2, 0.25) is 0 Å². The van der Waals surface area contributed by atoms with Crippen molar-refractivity contribution in [3.63, 3.8) is 0 Å². The second-order valence-electron chi connectivity index (χ2n) is 8.82. The number of aliphatic hydroxyl groups excluding tert-OH is 1. The zero-order chi connectivity index (χ0) is 24.4. The van der Waals surface area contributed by atoms with Gasteiger partial charge in [0.2, 0.25) is 0 Å². The zero-order valence-corrected chi connectivity index (χ0v) is 20.0. The minimum absolute atomic E-state index is 0.0891. The van der Waals surface area contributed by atoms with Gasteiger partial charge >= 0.3 is 0 Å². The van der Waals surface area contributed by atoms with Gasteiger partial charge in [-0.05, 0) is 31.5 Å². The second-order valence-corrected chi connectivity index (χ2v) is 8.82. The molecule has 178 valence electrons. The Hall–Kier alpha value is -4.10. The summed E-state index contributed by atoms with van der Waals surface area (Å²) in [4.78, 5) is 2.24. The first kappa shape index (κ1) is 22.7. The Bertz CT molecular complexity index is 1400. The number of aliphatic hydroxyl groups is 1. The van der Waals surface area contributed by atoms with Crippen molar-refractivity contribution in [2.75, 3.05) is 36.5 Å². The number of rotatable bonds is 6. The predicted octanol–water partition coefficient (Wildman–Crippen LogP) is 5.33. The van der Waals surface area contributed by atoms with E-state index in [1.54, 1.807) is 0 Å². The van der Waals surface area contributed by atoms with Crippen molar-refractivity contribution >= 4 is 22.7 Å². The highest BCUT2D eigenvalue weighted by Gasteiger charge is 2.18. The number of aromatic nitrogens is 2. The summed E-state index contributed by atoms with van der Waals surface area (Å²) in [5, 5.41) is 27.0. The van der Waals surface area contributed by atoms with Crippen molar-refractivity contribution < 1.29 is 9.84 Å². The monoisotopic (exact) mass is 467 g/mol. The molecule has 0 amide bonds. The molecule has 3 N–H and O–H groups in total. The normalized spacial score (nSPS) is 14.3. The smallest absolute Gasteiger partial charge is 0.190 e. The van der Waals surface area contributed by atoms with Crippen molar-refractivity contribution in [1.82, 2.24) is 9.61 Å². The molecule has 0 aliphatic carbocycles. The molecule has 1 saturated heterocycles. The van der Waals surface area contributed by atoms with Crippen molar-refractivity contribution in [3.05, 3.63) is 95.4 Å². The van der Waals surface area contributed by atoms with Crippen LogP contribution in [0.1, 0.15) is 16.7 Å². The van der Waals surface area contributed by atoms with Crippen LogP contribution in [0.25, 0.3) is 16.8 Å². The molecule has 0 atom stereocenters. The number of morpholine rings is 1. The van der Waals surface area contributed by atoms with Gasteiger partial charge in [0, 0.05) is 42.0 Å². The minimum Gasteiger partial charge on any atom is -0.495 e. The first-order valence-corrected chi connectivity index (χ1v) is 11.7. The van der Waals surface area contributed by atoms with Crippen LogP contribution in [-0.4, -0.2) is 46.7 Å². The van der Waals surface area contributed by atoms with Gasteiger partial charge < -0.3 is 25.5 Å². The molecule has 35 heavy (non-hydrogen) atoms. The van der Waals surface area contributed by atoms with E-state index in [0.29, 0.717) is 13.2 Å². The van der Waals surface area contributed by atoms with Crippen LogP contribution in [0.3, 0.4) is 0 Å². The number of hydrogen-bond donors (Lipinski definition) is 3. The predicted molar refractivity (Wildman–Crippen MR) is 141 cm³/mol. The summed E-state index contributed by atoms with van der Waals surface area (Å²) in [5.74, 6) is 0.835. The number of aryl methyl sites for hydroxylation is 2. The third-order valence-electron chi connectivity index (χ3n) is 6.21. The Balaban J connectivity index is 1.50. The summed E-state index contributed by atoms with van der Waals surface area (Å²) in [6.07, 6.45) is 1.44. The van der Waals surface area contributed by atoms with Crippen LogP contribution < -0.4 is 10.2 Å². The molecule has 2 aromatic carbocycles. The van der Waals surface area contributed by atoms with Crippen LogP contribution in [0.5, 0.6) is 0 Å². The van der Waals surface area contributed by atoms with Gasteiger partial charge in [0.15, 0.2) is 5.88 Å². The average Bonchev–Trinajstić information content (AvgIpc) is 3.29. The van der Waals surface area contributed by atoms with Gasteiger partial charge in [-0.15, -0.1) is 0 Å². The molecule has 7 nitrogen and oxygen atoms in total. The molecule has 4 aromatic rings. The third kappa shape index (κ3) is 4.90. The van der Waals surface area contributed by atoms with E-state index in [0.717, 1.165) is 52.5 Å². The summed E-state index contributed by atoms with van der Waals surface area (Å²) in [7, 11) is 0. The van der Waals surface area contributed by atoms with Crippen molar-refractivity contribution in [2.45, 2.75) is 13.8 Å².